The number of methoxy groups -OCH3 is 1. The molecule has 0 saturated heterocycles. The lowest BCUT2D eigenvalue weighted by Crippen LogP contribution is -2.45. The van der Waals surface area contributed by atoms with Crippen LogP contribution < -0.4 is 15.5 Å². The molecule has 0 fully saturated rings. The van der Waals surface area contributed by atoms with Crippen molar-refractivity contribution < 1.29 is 23.5 Å². The van der Waals surface area contributed by atoms with Crippen molar-refractivity contribution in [3.05, 3.63) is 77.1 Å². The summed E-state index contributed by atoms with van der Waals surface area (Å²) < 4.78 is 18.7. The Morgan fingerprint density at radius 2 is 1.80 bits per heavy atom. The van der Waals surface area contributed by atoms with Crippen molar-refractivity contribution in [2.24, 2.45) is 0 Å². The van der Waals surface area contributed by atoms with Gasteiger partial charge in [-0.05, 0) is 36.8 Å². The summed E-state index contributed by atoms with van der Waals surface area (Å²) in [5, 5.41) is 7.60. The molecule has 1 heterocycles. The molecule has 10 heteroatoms. The Morgan fingerprint density at radius 1 is 1.09 bits per heavy atom. The predicted octanol–water partition coefficient (Wildman–Crippen LogP) is 3.85. The molecule has 2 aromatic carbocycles. The zero-order valence-electron chi connectivity index (χ0n) is 19.5. The van der Waals surface area contributed by atoms with E-state index in [1.54, 1.807) is 23.7 Å². The summed E-state index contributed by atoms with van der Waals surface area (Å²) in [5.41, 5.74) is 1.89. The normalized spacial score (nSPS) is 11.5. The number of amides is 3. The quantitative estimate of drug-likeness (QED) is 0.391. The molecular formula is C25H27FN4O4S. The van der Waals surface area contributed by atoms with Gasteiger partial charge in [0.2, 0.25) is 17.7 Å². The van der Waals surface area contributed by atoms with Crippen LogP contribution in [0.4, 0.5) is 15.2 Å². The number of carbonyl (C=O) groups is 3. The fraction of sp³-hybridized carbons (Fsp3) is 0.280. The number of carbonyl (C=O) groups excluding carboxylic acids is 3. The highest BCUT2D eigenvalue weighted by molar-refractivity contribution is 7.13. The minimum atomic E-state index is -1.08. The van der Waals surface area contributed by atoms with Crippen LogP contribution >= 0.6 is 11.3 Å². The average Bonchev–Trinajstić information content (AvgIpc) is 3.35. The van der Waals surface area contributed by atoms with Gasteiger partial charge in [0.05, 0.1) is 6.61 Å². The maximum atomic E-state index is 13.6. The van der Waals surface area contributed by atoms with Crippen LogP contribution in [0.3, 0.4) is 0 Å². The van der Waals surface area contributed by atoms with Crippen LogP contribution in [-0.2, 0) is 19.1 Å². The van der Waals surface area contributed by atoms with Gasteiger partial charge in [0, 0.05) is 43.8 Å². The number of halogens is 1. The average molecular weight is 499 g/mol. The predicted molar refractivity (Wildman–Crippen MR) is 133 cm³/mol. The summed E-state index contributed by atoms with van der Waals surface area (Å²) >= 11 is 1.27. The van der Waals surface area contributed by atoms with E-state index in [4.69, 9.17) is 4.74 Å². The van der Waals surface area contributed by atoms with Gasteiger partial charge in [0.15, 0.2) is 5.13 Å². The topological polar surface area (TPSA) is 101 Å². The second-order valence-corrected chi connectivity index (χ2v) is 8.62. The Hall–Kier alpha value is -3.63. The van der Waals surface area contributed by atoms with E-state index in [9.17, 15) is 18.8 Å². The van der Waals surface area contributed by atoms with Gasteiger partial charge in [0.1, 0.15) is 11.9 Å². The third kappa shape index (κ3) is 7.43. The highest BCUT2D eigenvalue weighted by Crippen LogP contribution is 2.29. The first-order chi connectivity index (χ1) is 16.9. The first kappa shape index (κ1) is 26.0. The highest BCUT2D eigenvalue weighted by Gasteiger charge is 2.32. The zero-order chi connectivity index (χ0) is 25.2. The molecule has 0 bridgehead atoms. The van der Waals surface area contributed by atoms with Crippen molar-refractivity contribution >= 4 is 39.9 Å². The van der Waals surface area contributed by atoms with E-state index in [0.717, 1.165) is 5.56 Å². The molecule has 1 aromatic heterocycles. The SMILES string of the molecule is COCCNC(=O)[C@@H](c1ccc(F)cc1)N(C(=O)CCC(=O)Nc1nccs1)c1ccc(C)cc1. The molecule has 2 N–H and O–H groups in total. The summed E-state index contributed by atoms with van der Waals surface area (Å²) in [6.45, 7) is 2.43. The van der Waals surface area contributed by atoms with E-state index in [1.165, 1.54) is 47.6 Å². The molecule has 0 spiro atoms. The van der Waals surface area contributed by atoms with E-state index >= 15 is 0 Å². The van der Waals surface area contributed by atoms with Crippen molar-refractivity contribution in [3.63, 3.8) is 0 Å². The van der Waals surface area contributed by atoms with Gasteiger partial charge in [-0.2, -0.15) is 0 Å². The second-order valence-electron chi connectivity index (χ2n) is 7.72. The van der Waals surface area contributed by atoms with Gasteiger partial charge in [-0.1, -0.05) is 29.8 Å². The van der Waals surface area contributed by atoms with Crippen LogP contribution in [-0.4, -0.2) is 43.0 Å². The van der Waals surface area contributed by atoms with Crippen LogP contribution in [0.15, 0.2) is 60.1 Å². The van der Waals surface area contributed by atoms with E-state index in [2.05, 4.69) is 15.6 Å². The Morgan fingerprint density at radius 3 is 2.43 bits per heavy atom. The molecule has 0 radical (unpaired) electrons. The van der Waals surface area contributed by atoms with E-state index < -0.39 is 23.7 Å². The Kier molecular flexibility index (Phi) is 9.45. The van der Waals surface area contributed by atoms with Gasteiger partial charge < -0.3 is 15.4 Å². The molecule has 0 aliphatic heterocycles. The first-order valence-electron chi connectivity index (χ1n) is 11.0. The number of aromatic nitrogens is 1. The van der Waals surface area contributed by atoms with Gasteiger partial charge in [-0.3, -0.25) is 19.3 Å². The monoisotopic (exact) mass is 498 g/mol. The lowest BCUT2D eigenvalue weighted by Gasteiger charge is -2.31. The third-order valence-corrected chi connectivity index (χ3v) is 5.81. The third-order valence-electron chi connectivity index (χ3n) is 5.12. The minimum absolute atomic E-state index is 0.0950. The summed E-state index contributed by atoms with van der Waals surface area (Å²) in [7, 11) is 1.52. The van der Waals surface area contributed by atoms with Crippen molar-refractivity contribution in [2.75, 3.05) is 30.5 Å². The van der Waals surface area contributed by atoms with E-state index in [-0.39, 0.29) is 31.9 Å². The van der Waals surface area contributed by atoms with Crippen LogP contribution in [0.1, 0.15) is 30.0 Å². The second kappa shape index (κ2) is 12.7. The summed E-state index contributed by atoms with van der Waals surface area (Å²) in [4.78, 5) is 44.5. The van der Waals surface area contributed by atoms with Crippen molar-refractivity contribution in [1.82, 2.24) is 10.3 Å². The van der Waals surface area contributed by atoms with Gasteiger partial charge >= 0.3 is 0 Å². The first-order valence-corrected chi connectivity index (χ1v) is 11.9. The smallest absolute Gasteiger partial charge is 0.247 e. The molecule has 0 aliphatic carbocycles. The lowest BCUT2D eigenvalue weighted by atomic mass is 10.0. The lowest BCUT2D eigenvalue weighted by molar-refractivity contribution is -0.127. The highest BCUT2D eigenvalue weighted by atomic mass is 32.1. The molecular weight excluding hydrogens is 471 g/mol. The number of ether oxygens (including phenoxy) is 1. The Bertz CT molecular complexity index is 1120. The number of nitrogens with one attached hydrogen (secondary N) is 2. The van der Waals surface area contributed by atoms with Crippen LogP contribution in [0.5, 0.6) is 0 Å². The van der Waals surface area contributed by atoms with E-state index in [0.29, 0.717) is 16.4 Å². The van der Waals surface area contributed by atoms with Crippen LogP contribution in [0.25, 0.3) is 0 Å². The molecule has 1 atom stereocenters. The fourth-order valence-corrected chi connectivity index (χ4v) is 3.93. The number of aryl methyl sites for hydroxylation is 1. The molecule has 3 amide bonds. The molecule has 0 aliphatic rings. The maximum Gasteiger partial charge on any atom is 0.247 e. The van der Waals surface area contributed by atoms with E-state index in [1.807, 2.05) is 19.1 Å². The number of benzene rings is 2. The van der Waals surface area contributed by atoms with Crippen molar-refractivity contribution in [1.29, 1.82) is 0 Å². The Balaban J connectivity index is 1.90. The van der Waals surface area contributed by atoms with Gasteiger partial charge in [-0.15, -0.1) is 11.3 Å². The van der Waals surface area contributed by atoms with Crippen molar-refractivity contribution in [3.8, 4) is 0 Å². The van der Waals surface area contributed by atoms with Crippen LogP contribution in [0.2, 0.25) is 0 Å². The summed E-state index contributed by atoms with van der Waals surface area (Å²) in [6, 6.07) is 11.5. The fourth-order valence-electron chi connectivity index (χ4n) is 3.39. The molecule has 0 unspecified atom stereocenters. The summed E-state index contributed by atoms with van der Waals surface area (Å²) in [5.74, 6) is -1.70. The van der Waals surface area contributed by atoms with Crippen molar-refractivity contribution in [2.45, 2.75) is 25.8 Å². The molecule has 35 heavy (non-hydrogen) atoms. The molecule has 3 rings (SSSR count). The Labute approximate surface area is 207 Å². The molecule has 0 saturated carbocycles. The minimum Gasteiger partial charge on any atom is -0.383 e. The number of thiazole rings is 1. The zero-order valence-corrected chi connectivity index (χ0v) is 20.3. The molecule has 8 nitrogen and oxygen atoms in total. The number of nitrogens with zero attached hydrogens (tertiary/aromatic N) is 2. The number of hydrogen-bond donors (Lipinski definition) is 2. The number of hydrogen-bond acceptors (Lipinski definition) is 6. The van der Waals surface area contributed by atoms with Gasteiger partial charge in [0.25, 0.3) is 0 Å². The molecule has 3 aromatic rings. The summed E-state index contributed by atoms with van der Waals surface area (Å²) in [6.07, 6.45) is 1.33. The largest absolute Gasteiger partial charge is 0.383 e. The standard InChI is InChI=1S/C25H27FN4O4S/c1-17-3-9-20(10-4-17)30(22(32)12-11-21(31)29-25-28-14-16-35-25)23(24(33)27-13-15-34-2)18-5-7-19(26)8-6-18/h3-10,14,16,23H,11-13,15H2,1-2H3,(H,27,33)(H,28,29,31)/t23-/m1/s1. The maximum absolute atomic E-state index is 13.6. The van der Waals surface area contributed by atoms with Gasteiger partial charge in [-0.25, -0.2) is 9.37 Å². The van der Waals surface area contributed by atoms with Crippen LogP contribution in [0, 0.1) is 12.7 Å². The number of anilines is 2. The number of rotatable bonds is 11. The molecule has 184 valence electrons.